The summed E-state index contributed by atoms with van der Waals surface area (Å²) in [6.45, 7) is 0. The number of thiazole rings is 1. The quantitative estimate of drug-likeness (QED) is 0.658. The third kappa shape index (κ3) is 3.80. The van der Waals surface area contributed by atoms with Crippen molar-refractivity contribution < 1.29 is 18.0 Å². The zero-order valence-corrected chi connectivity index (χ0v) is 13.5. The molecule has 0 saturated heterocycles. The third-order valence-electron chi connectivity index (χ3n) is 3.36. The number of nitrogen functional groups attached to an aromatic ring is 1. The molecule has 0 aliphatic rings. The largest absolute Gasteiger partial charge is 0.416 e. The van der Waals surface area contributed by atoms with Crippen molar-refractivity contribution in [2.75, 3.05) is 11.1 Å². The summed E-state index contributed by atoms with van der Waals surface area (Å²) in [5.74, 6) is -0.177. The number of nitrogens with one attached hydrogen (secondary N) is 1. The zero-order chi connectivity index (χ0) is 18.0. The first-order valence-electron chi connectivity index (χ1n) is 7.15. The number of benzene rings is 2. The molecule has 3 N–H and O–H groups in total. The highest BCUT2D eigenvalue weighted by atomic mass is 32.1. The van der Waals surface area contributed by atoms with Crippen LogP contribution in [0.25, 0.3) is 0 Å². The van der Waals surface area contributed by atoms with Crippen molar-refractivity contribution in [2.45, 2.75) is 6.18 Å². The Morgan fingerprint density at radius 2 is 1.68 bits per heavy atom. The molecule has 0 aliphatic carbocycles. The van der Waals surface area contributed by atoms with Crippen LogP contribution in [0.1, 0.15) is 20.8 Å². The molecule has 8 heteroatoms. The van der Waals surface area contributed by atoms with Crippen LogP contribution >= 0.6 is 11.3 Å². The van der Waals surface area contributed by atoms with Gasteiger partial charge in [-0.3, -0.25) is 4.79 Å². The van der Waals surface area contributed by atoms with Gasteiger partial charge in [0, 0.05) is 11.3 Å². The summed E-state index contributed by atoms with van der Waals surface area (Å²) in [5.41, 5.74) is 5.97. The van der Waals surface area contributed by atoms with Crippen LogP contribution in [0.3, 0.4) is 0 Å². The summed E-state index contributed by atoms with van der Waals surface area (Å²) in [6, 6.07) is 13.1. The van der Waals surface area contributed by atoms with Gasteiger partial charge in [-0.1, -0.05) is 41.7 Å². The van der Waals surface area contributed by atoms with E-state index in [1.165, 1.54) is 12.1 Å². The van der Waals surface area contributed by atoms with E-state index in [0.29, 0.717) is 16.4 Å². The minimum Gasteiger partial charge on any atom is -0.382 e. The lowest BCUT2D eigenvalue weighted by Crippen LogP contribution is -2.04. The summed E-state index contributed by atoms with van der Waals surface area (Å²) in [5, 5.41) is 3.19. The van der Waals surface area contributed by atoms with Gasteiger partial charge in [0.15, 0.2) is 5.13 Å². The second-order valence-electron chi connectivity index (χ2n) is 5.13. The fourth-order valence-electron chi connectivity index (χ4n) is 2.13. The van der Waals surface area contributed by atoms with Crippen molar-refractivity contribution in [1.82, 2.24) is 4.98 Å². The van der Waals surface area contributed by atoms with E-state index in [4.69, 9.17) is 5.73 Å². The van der Waals surface area contributed by atoms with E-state index in [-0.39, 0.29) is 16.5 Å². The van der Waals surface area contributed by atoms with E-state index in [1.54, 1.807) is 30.3 Å². The number of carbonyl (C=O) groups is 1. The first-order valence-corrected chi connectivity index (χ1v) is 7.96. The number of hydrogen-bond acceptors (Lipinski definition) is 5. The Hall–Kier alpha value is -2.87. The number of alkyl halides is 3. The van der Waals surface area contributed by atoms with Crippen LogP contribution in [0.15, 0.2) is 54.6 Å². The molecule has 3 aromatic rings. The van der Waals surface area contributed by atoms with E-state index in [9.17, 15) is 18.0 Å². The molecule has 0 bridgehead atoms. The third-order valence-corrected chi connectivity index (χ3v) is 4.34. The highest BCUT2D eigenvalue weighted by Gasteiger charge is 2.30. The molecule has 4 nitrogen and oxygen atoms in total. The maximum absolute atomic E-state index is 12.6. The number of rotatable bonds is 4. The standard InChI is InChI=1S/C17H12F3N3OS/c18-17(19,20)11-6-8-12(9-7-11)22-16-23-15(21)14(25-16)13(24)10-4-2-1-3-5-10/h1-9H,21H2,(H,22,23). The van der Waals surface area contributed by atoms with Gasteiger partial charge in [0.25, 0.3) is 0 Å². The molecule has 0 amide bonds. The number of hydrogen-bond donors (Lipinski definition) is 2. The Morgan fingerprint density at radius 1 is 1.04 bits per heavy atom. The zero-order valence-electron chi connectivity index (χ0n) is 12.7. The van der Waals surface area contributed by atoms with Gasteiger partial charge in [-0.15, -0.1) is 0 Å². The van der Waals surface area contributed by atoms with Gasteiger partial charge in [0.05, 0.1) is 5.56 Å². The monoisotopic (exact) mass is 363 g/mol. The van der Waals surface area contributed by atoms with Crippen LogP contribution in [-0.2, 0) is 6.18 Å². The van der Waals surface area contributed by atoms with Gasteiger partial charge in [0.1, 0.15) is 10.7 Å². The van der Waals surface area contributed by atoms with Crippen molar-refractivity contribution in [3.05, 3.63) is 70.6 Å². The van der Waals surface area contributed by atoms with Crippen molar-refractivity contribution in [2.24, 2.45) is 0 Å². The van der Waals surface area contributed by atoms with Gasteiger partial charge in [0.2, 0.25) is 5.78 Å². The smallest absolute Gasteiger partial charge is 0.382 e. The molecule has 0 unspecified atom stereocenters. The summed E-state index contributed by atoms with van der Waals surface area (Å²) in [6.07, 6.45) is -4.39. The predicted octanol–water partition coefficient (Wildman–Crippen LogP) is 4.72. The Bertz CT molecular complexity index is 890. The fourth-order valence-corrected chi connectivity index (χ4v) is 3.00. The molecule has 1 aromatic heterocycles. The van der Waals surface area contributed by atoms with Gasteiger partial charge >= 0.3 is 6.18 Å². The summed E-state index contributed by atoms with van der Waals surface area (Å²) in [4.78, 5) is 16.8. The minimum absolute atomic E-state index is 0.0771. The first-order chi connectivity index (χ1) is 11.8. The number of halogens is 3. The van der Waals surface area contributed by atoms with Crippen LogP contribution in [-0.4, -0.2) is 10.8 Å². The van der Waals surface area contributed by atoms with E-state index >= 15 is 0 Å². The second-order valence-corrected chi connectivity index (χ2v) is 6.13. The number of nitrogens with two attached hydrogens (primary N) is 1. The molecule has 0 fully saturated rings. The molecule has 0 atom stereocenters. The lowest BCUT2D eigenvalue weighted by molar-refractivity contribution is -0.137. The van der Waals surface area contributed by atoms with E-state index in [1.807, 2.05) is 0 Å². The van der Waals surface area contributed by atoms with Crippen LogP contribution in [0.5, 0.6) is 0 Å². The van der Waals surface area contributed by atoms with Crippen molar-refractivity contribution in [3.63, 3.8) is 0 Å². The van der Waals surface area contributed by atoms with E-state index < -0.39 is 11.7 Å². The average Bonchev–Trinajstić information content (AvgIpc) is 2.95. The number of ketones is 1. The lowest BCUT2D eigenvalue weighted by Gasteiger charge is -2.07. The molecule has 25 heavy (non-hydrogen) atoms. The minimum atomic E-state index is -4.39. The highest BCUT2D eigenvalue weighted by molar-refractivity contribution is 7.18. The predicted molar refractivity (Wildman–Crippen MR) is 91.1 cm³/mol. The first kappa shape index (κ1) is 17.0. The van der Waals surface area contributed by atoms with Gasteiger partial charge in [-0.25, -0.2) is 4.98 Å². The molecule has 2 aromatic carbocycles. The molecule has 128 valence electrons. The maximum atomic E-state index is 12.6. The SMILES string of the molecule is Nc1nc(Nc2ccc(C(F)(F)F)cc2)sc1C(=O)c1ccccc1. The Balaban J connectivity index is 1.80. The summed E-state index contributed by atoms with van der Waals surface area (Å²) in [7, 11) is 0. The topological polar surface area (TPSA) is 68.0 Å². The van der Waals surface area contributed by atoms with Gasteiger partial charge in [-0.2, -0.15) is 13.2 Å². The second kappa shape index (κ2) is 6.56. The molecule has 3 rings (SSSR count). The molecule has 0 aliphatic heterocycles. The van der Waals surface area contributed by atoms with E-state index in [0.717, 1.165) is 23.5 Å². The summed E-state index contributed by atoms with van der Waals surface area (Å²) < 4.78 is 37.7. The van der Waals surface area contributed by atoms with E-state index in [2.05, 4.69) is 10.3 Å². The molecule has 0 spiro atoms. The van der Waals surface area contributed by atoms with Crippen molar-refractivity contribution in [1.29, 1.82) is 0 Å². The Morgan fingerprint density at radius 3 is 2.28 bits per heavy atom. The molecular weight excluding hydrogens is 351 g/mol. The van der Waals surface area contributed by atoms with Crippen LogP contribution in [0, 0.1) is 0 Å². The van der Waals surface area contributed by atoms with Crippen molar-refractivity contribution >= 4 is 33.8 Å². The average molecular weight is 363 g/mol. The maximum Gasteiger partial charge on any atom is 0.416 e. The molecular formula is C17H12F3N3OS. The highest BCUT2D eigenvalue weighted by Crippen LogP contribution is 2.32. The number of anilines is 3. The number of nitrogens with zero attached hydrogens (tertiary/aromatic N) is 1. The van der Waals surface area contributed by atoms with Gasteiger partial charge < -0.3 is 11.1 Å². The Labute approximate surface area is 145 Å². The Kier molecular flexibility index (Phi) is 4.45. The molecule has 0 saturated carbocycles. The summed E-state index contributed by atoms with van der Waals surface area (Å²) >= 11 is 1.05. The molecule has 0 radical (unpaired) electrons. The van der Waals surface area contributed by atoms with Crippen LogP contribution < -0.4 is 11.1 Å². The lowest BCUT2D eigenvalue weighted by atomic mass is 10.1. The van der Waals surface area contributed by atoms with Gasteiger partial charge in [-0.05, 0) is 24.3 Å². The normalized spacial score (nSPS) is 11.3. The fraction of sp³-hybridized carbons (Fsp3) is 0.0588. The number of carbonyl (C=O) groups excluding carboxylic acids is 1. The van der Waals surface area contributed by atoms with Crippen LogP contribution in [0.4, 0.5) is 29.8 Å². The molecule has 1 heterocycles. The number of aromatic nitrogens is 1. The van der Waals surface area contributed by atoms with Crippen molar-refractivity contribution in [3.8, 4) is 0 Å². The van der Waals surface area contributed by atoms with Crippen LogP contribution in [0.2, 0.25) is 0 Å².